The fourth-order valence-corrected chi connectivity index (χ4v) is 12.2. The van der Waals surface area contributed by atoms with Crippen LogP contribution in [0.4, 0.5) is 14.6 Å². The molecule has 78 heavy (non-hydrogen) atoms. The molecule has 0 spiro atoms. The molecule has 3 aromatic heterocycles. The van der Waals surface area contributed by atoms with Crippen LogP contribution in [0.25, 0.3) is 43.8 Å². The summed E-state index contributed by atoms with van der Waals surface area (Å²) >= 11 is 0. The van der Waals surface area contributed by atoms with Gasteiger partial charge in [0.2, 0.25) is 6.41 Å². The predicted molar refractivity (Wildman–Crippen MR) is 301 cm³/mol. The van der Waals surface area contributed by atoms with Gasteiger partial charge in [-0.2, -0.15) is 15.1 Å². The van der Waals surface area contributed by atoms with Crippen molar-refractivity contribution in [3.8, 4) is 35.4 Å². The SMILES string of the molecule is C#Cc1c(F)ccc2cc(O)cc(-c3ncc4c(N5CC(C)CC(N)C5)nc(OCC5(CN6CCC(N7CC(C)C7)CC6)CC5)nc4c3F)c12.CNC.Cn1nc(C(C=O)CCC=O)c2ccc(C3CCN(C=O)CC3)cc21. The van der Waals surface area contributed by atoms with Gasteiger partial charge < -0.3 is 45.2 Å². The summed E-state index contributed by atoms with van der Waals surface area (Å²) in [7, 11) is 5.63. The van der Waals surface area contributed by atoms with E-state index in [0.29, 0.717) is 67.0 Å². The zero-order valence-electron chi connectivity index (χ0n) is 45.8. The molecule has 16 nitrogen and oxygen atoms in total. The number of aldehydes is 2. The summed E-state index contributed by atoms with van der Waals surface area (Å²) in [6.45, 7) is 13.4. The van der Waals surface area contributed by atoms with Crippen LogP contribution in [0.5, 0.6) is 11.8 Å². The fraction of sp³-hybridized carbons (Fsp3) is 0.517. The first-order chi connectivity index (χ1) is 37.7. The van der Waals surface area contributed by atoms with Crippen LogP contribution in [0, 0.1) is 41.2 Å². The van der Waals surface area contributed by atoms with Gasteiger partial charge in [0.15, 0.2) is 5.82 Å². The number of benzene rings is 3. The molecule has 414 valence electrons. The number of anilines is 1. The number of halogens is 2. The zero-order valence-corrected chi connectivity index (χ0v) is 45.8. The number of fused-ring (bicyclic) bond motifs is 3. The van der Waals surface area contributed by atoms with Crippen LogP contribution >= 0.6 is 0 Å². The first-order valence-corrected chi connectivity index (χ1v) is 27.7. The molecular formula is C60H75F2N11O5. The maximum absolute atomic E-state index is 16.9. The highest BCUT2D eigenvalue weighted by atomic mass is 19.1. The second-order valence-corrected chi connectivity index (χ2v) is 22.7. The lowest BCUT2D eigenvalue weighted by molar-refractivity contribution is -0.119. The van der Waals surface area contributed by atoms with Gasteiger partial charge in [0.05, 0.1) is 34.7 Å². The molecule has 11 rings (SSSR count). The van der Waals surface area contributed by atoms with Crippen molar-refractivity contribution in [1.29, 1.82) is 0 Å². The van der Waals surface area contributed by atoms with Crippen molar-refractivity contribution < 1.29 is 33.0 Å². The highest BCUT2D eigenvalue weighted by molar-refractivity contribution is 6.03. The molecule has 7 heterocycles. The van der Waals surface area contributed by atoms with Gasteiger partial charge in [-0.3, -0.25) is 19.4 Å². The Bertz CT molecular complexity index is 3150. The Morgan fingerprint density at radius 2 is 1.69 bits per heavy atom. The Labute approximate surface area is 456 Å². The van der Waals surface area contributed by atoms with Crippen molar-refractivity contribution in [3.05, 3.63) is 77.1 Å². The van der Waals surface area contributed by atoms with E-state index in [1.165, 1.54) is 62.0 Å². The normalized spacial score (nSPS) is 20.5. The second-order valence-electron chi connectivity index (χ2n) is 22.7. The summed E-state index contributed by atoms with van der Waals surface area (Å²) in [6.07, 6.45) is 18.1. The number of terminal acetylenes is 1. The van der Waals surface area contributed by atoms with E-state index in [2.05, 4.69) is 67.0 Å². The molecule has 4 N–H and O–H groups in total. The van der Waals surface area contributed by atoms with Gasteiger partial charge >= 0.3 is 6.01 Å². The largest absolute Gasteiger partial charge is 0.508 e. The monoisotopic (exact) mass is 1070 g/mol. The quantitative estimate of drug-likeness (QED) is 0.0675. The highest BCUT2D eigenvalue weighted by Crippen LogP contribution is 2.47. The van der Waals surface area contributed by atoms with Crippen LogP contribution in [-0.2, 0) is 21.4 Å². The molecule has 1 amide bonds. The number of phenols is 1. The van der Waals surface area contributed by atoms with Crippen LogP contribution < -0.4 is 20.7 Å². The first-order valence-electron chi connectivity index (χ1n) is 27.7. The number of aryl methyl sites for hydroxylation is 1. The molecule has 3 aromatic carbocycles. The molecule has 3 unspecified atom stereocenters. The van der Waals surface area contributed by atoms with E-state index in [1.54, 1.807) is 0 Å². The summed E-state index contributed by atoms with van der Waals surface area (Å²) in [5.41, 5.74) is 9.54. The van der Waals surface area contributed by atoms with E-state index in [4.69, 9.17) is 21.9 Å². The van der Waals surface area contributed by atoms with Gasteiger partial charge in [0, 0.05) is 99.3 Å². The van der Waals surface area contributed by atoms with E-state index in [1.807, 2.05) is 36.8 Å². The smallest absolute Gasteiger partial charge is 0.319 e. The first kappa shape index (κ1) is 56.1. The van der Waals surface area contributed by atoms with Gasteiger partial charge in [0.25, 0.3) is 0 Å². The molecule has 5 aliphatic rings. The molecular weight excluding hydrogens is 993 g/mol. The van der Waals surface area contributed by atoms with Gasteiger partial charge in [-0.25, -0.2) is 8.78 Å². The van der Waals surface area contributed by atoms with Crippen LogP contribution in [-0.4, -0.2) is 155 Å². The number of nitrogens with one attached hydrogen (secondary N) is 1. The van der Waals surface area contributed by atoms with E-state index in [0.717, 1.165) is 106 Å². The molecule has 1 saturated carbocycles. The number of amides is 1. The van der Waals surface area contributed by atoms with E-state index in [-0.39, 0.29) is 56.9 Å². The molecule has 3 atom stereocenters. The van der Waals surface area contributed by atoms with Crippen molar-refractivity contribution in [2.24, 2.45) is 30.0 Å². The van der Waals surface area contributed by atoms with Crippen molar-refractivity contribution in [2.75, 3.05) is 84.5 Å². The zero-order chi connectivity index (χ0) is 55.3. The van der Waals surface area contributed by atoms with Crippen molar-refractivity contribution in [2.45, 2.75) is 95.6 Å². The molecule has 18 heteroatoms. The number of nitrogens with two attached hydrogens (primary N) is 1. The molecule has 1 aliphatic carbocycles. The Kier molecular flexibility index (Phi) is 17.7. The number of aromatic nitrogens is 5. The number of ether oxygens (including phenoxy) is 1. The van der Waals surface area contributed by atoms with Crippen molar-refractivity contribution in [1.82, 2.24) is 44.7 Å². The second kappa shape index (κ2) is 24.6. The van der Waals surface area contributed by atoms with Gasteiger partial charge in [-0.1, -0.05) is 38.0 Å². The molecule has 5 fully saturated rings. The number of hydrogen-bond donors (Lipinski definition) is 3. The summed E-state index contributed by atoms with van der Waals surface area (Å²) in [5, 5.41) is 20.0. The van der Waals surface area contributed by atoms with Crippen LogP contribution in [0.1, 0.15) is 100 Å². The Balaban J connectivity index is 0.000000221. The topological polar surface area (TPSA) is 188 Å². The van der Waals surface area contributed by atoms with Crippen LogP contribution in [0.2, 0.25) is 0 Å². The van der Waals surface area contributed by atoms with Crippen molar-refractivity contribution in [3.63, 3.8) is 0 Å². The lowest BCUT2D eigenvalue weighted by Gasteiger charge is -2.46. The number of rotatable bonds is 15. The third-order valence-corrected chi connectivity index (χ3v) is 16.4. The van der Waals surface area contributed by atoms with Crippen LogP contribution in [0.15, 0.2) is 48.7 Å². The summed E-state index contributed by atoms with van der Waals surface area (Å²) in [4.78, 5) is 56.0. The van der Waals surface area contributed by atoms with E-state index >= 15 is 4.39 Å². The minimum atomic E-state index is -0.731. The van der Waals surface area contributed by atoms with Gasteiger partial charge in [-0.15, -0.1) is 6.42 Å². The number of pyridine rings is 1. The summed E-state index contributed by atoms with van der Waals surface area (Å²) in [5.74, 6) is 2.67. The highest BCUT2D eigenvalue weighted by Gasteiger charge is 2.46. The number of phenolic OH excluding ortho intramolecular Hbond substituents is 1. The Morgan fingerprint density at radius 1 is 0.949 bits per heavy atom. The number of carbonyl (C=O) groups is 3. The minimum absolute atomic E-state index is 0.0245. The Morgan fingerprint density at radius 3 is 2.35 bits per heavy atom. The maximum Gasteiger partial charge on any atom is 0.319 e. The number of aromatic hydroxyl groups is 1. The maximum atomic E-state index is 16.9. The average molecular weight is 1070 g/mol. The van der Waals surface area contributed by atoms with E-state index in [9.17, 15) is 23.9 Å². The fourth-order valence-electron chi connectivity index (χ4n) is 12.2. The Hall–Kier alpha value is -6.65. The number of carbonyl (C=O) groups excluding carboxylic acids is 3. The van der Waals surface area contributed by atoms with Gasteiger partial charge in [-0.05, 0) is 132 Å². The average Bonchev–Trinajstić information content (AvgIpc) is 4.12. The standard InChI is InChI=1S/C39H45F2N7O2.C19H23N3O3.C2H7N/c1-4-29-32(40)6-5-25-14-28(49)15-30(33(25)29)35-34(41)36-31(16-43-35)37(48-17-23(2)13-26(42)20-48)45-38(44-36)50-22-39(9-10-39)21-46-11-7-27(8-12-46)47-18-24(3)19-47;1-21-18-11-15(14-6-8-22(13-25)9-7-14)4-5-17(18)19(20-21)16(12-24)3-2-10-23;1-3-2/h1,5-6,14-16,23-24,26-27,49H,7-13,17-22,42H2,2-3H3;4-5,10-14,16H,2-3,6-9H2,1H3;3H,1-2H3. The third-order valence-electron chi connectivity index (χ3n) is 16.4. The predicted octanol–water partition coefficient (Wildman–Crippen LogP) is 7.57. The third kappa shape index (κ3) is 12.3. The number of likely N-dealkylation sites (tertiary alicyclic amines) is 3. The summed E-state index contributed by atoms with van der Waals surface area (Å²) < 4.78 is 40.0. The van der Waals surface area contributed by atoms with Crippen molar-refractivity contribution >= 4 is 57.4 Å². The molecule has 6 aromatic rings. The van der Waals surface area contributed by atoms with Crippen LogP contribution in [0.3, 0.4) is 0 Å². The van der Waals surface area contributed by atoms with Gasteiger partial charge in [0.1, 0.15) is 41.2 Å². The molecule has 4 saturated heterocycles. The number of hydrogen-bond acceptors (Lipinski definition) is 14. The number of nitrogens with zero attached hydrogens (tertiary/aromatic N) is 9. The van der Waals surface area contributed by atoms with E-state index < -0.39 is 11.6 Å². The molecule has 0 radical (unpaired) electrons. The lowest BCUT2D eigenvalue weighted by Crippen LogP contribution is -2.54. The number of piperidine rings is 3. The lowest BCUT2D eigenvalue weighted by atomic mass is 9.88. The molecule has 0 bridgehead atoms. The molecule has 4 aliphatic heterocycles. The minimum Gasteiger partial charge on any atom is -0.508 e. The summed E-state index contributed by atoms with van der Waals surface area (Å²) in [6, 6.07) is 12.6.